The van der Waals surface area contributed by atoms with Gasteiger partial charge in [0.15, 0.2) is 5.60 Å². The van der Waals surface area contributed by atoms with E-state index >= 15 is 0 Å². The van der Waals surface area contributed by atoms with Gasteiger partial charge in [0, 0.05) is 18.5 Å². The van der Waals surface area contributed by atoms with Gasteiger partial charge < -0.3 is 19.5 Å². The molecule has 35 heavy (non-hydrogen) atoms. The molecule has 0 saturated carbocycles. The molecule has 12 heteroatoms. The van der Waals surface area contributed by atoms with E-state index in [9.17, 15) is 31.5 Å². The van der Waals surface area contributed by atoms with Crippen molar-refractivity contribution in [3.05, 3.63) is 53.7 Å². The summed E-state index contributed by atoms with van der Waals surface area (Å²) < 4.78 is 79.2. The van der Waals surface area contributed by atoms with Gasteiger partial charge >= 0.3 is 12.1 Å². The molecule has 0 saturated heterocycles. The van der Waals surface area contributed by atoms with Crippen LogP contribution in [0.4, 0.5) is 18.9 Å². The molecule has 4 rings (SSSR count). The lowest BCUT2D eigenvalue weighted by Crippen LogP contribution is -2.35. The van der Waals surface area contributed by atoms with Crippen molar-refractivity contribution in [2.24, 2.45) is 0 Å². The first-order valence-electron chi connectivity index (χ1n) is 10.5. The van der Waals surface area contributed by atoms with Crippen LogP contribution in [0.2, 0.25) is 0 Å². The number of aliphatic carboxylic acids is 1. The smallest absolute Gasteiger partial charge is 0.416 e. The lowest BCUT2D eigenvalue weighted by molar-refractivity contribution is -0.162. The molecule has 0 aliphatic carbocycles. The zero-order valence-corrected chi connectivity index (χ0v) is 19.9. The summed E-state index contributed by atoms with van der Waals surface area (Å²) in [6.45, 7) is 3.09. The summed E-state index contributed by atoms with van der Waals surface area (Å²) in [5.74, 6) is -0.918. The zero-order chi connectivity index (χ0) is 25.8. The second-order valence-corrected chi connectivity index (χ2v) is 10.5. The van der Waals surface area contributed by atoms with E-state index in [4.69, 9.17) is 9.47 Å². The van der Waals surface area contributed by atoms with Crippen molar-refractivity contribution in [2.45, 2.75) is 37.1 Å². The molecular weight excluding hydrogens is 489 g/mol. The maximum Gasteiger partial charge on any atom is 0.416 e. The van der Waals surface area contributed by atoms with Crippen LogP contribution in [0.15, 0.2) is 47.4 Å². The molecule has 1 aliphatic rings. The molecule has 1 N–H and O–H groups in total. The van der Waals surface area contributed by atoms with Crippen LogP contribution in [0.25, 0.3) is 10.9 Å². The second kappa shape index (κ2) is 8.45. The average Bonchev–Trinajstić information content (AvgIpc) is 3.15. The monoisotopic (exact) mass is 512 g/mol. The molecule has 8 nitrogen and oxygen atoms in total. The SMILES string of the molecule is CN1CCOc2cc(S(=O)(=O)n3c(COC(C)(C)C(=O)O)cc4cc(C(F)(F)F)ccc43)ccc21. The van der Waals surface area contributed by atoms with E-state index < -0.39 is 39.9 Å². The number of hydrogen-bond acceptors (Lipinski definition) is 6. The molecule has 188 valence electrons. The molecule has 0 amide bonds. The Labute approximate surface area is 199 Å². The number of nitrogens with zero attached hydrogens (tertiary/aromatic N) is 2. The molecule has 0 atom stereocenters. The lowest BCUT2D eigenvalue weighted by Gasteiger charge is -2.28. The van der Waals surface area contributed by atoms with Gasteiger partial charge in [-0.25, -0.2) is 17.2 Å². The van der Waals surface area contributed by atoms with Crippen molar-refractivity contribution in [3.8, 4) is 5.75 Å². The highest BCUT2D eigenvalue weighted by Gasteiger charge is 2.33. The fraction of sp³-hybridized carbons (Fsp3) is 0.348. The van der Waals surface area contributed by atoms with Crippen molar-refractivity contribution >= 4 is 32.6 Å². The summed E-state index contributed by atoms with van der Waals surface area (Å²) in [4.78, 5) is 13.2. The summed E-state index contributed by atoms with van der Waals surface area (Å²) in [5.41, 5.74) is -1.92. The summed E-state index contributed by atoms with van der Waals surface area (Å²) >= 11 is 0. The lowest BCUT2D eigenvalue weighted by atomic mass is 10.1. The van der Waals surface area contributed by atoms with Crippen molar-refractivity contribution in [1.82, 2.24) is 3.97 Å². The van der Waals surface area contributed by atoms with Gasteiger partial charge in [-0.15, -0.1) is 0 Å². The number of anilines is 1. The minimum Gasteiger partial charge on any atom is -0.490 e. The number of halogens is 3. The van der Waals surface area contributed by atoms with Crippen LogP contribution in [0.5, 0.6) is 5.75 Å². The molecule has 0 unspecified atom stereocenters. The minimum atomic E-state index is -4.63. The molecule has 3 aromatic rings. The van der Waals surface area contributed by atoms with Crippen LogP contribution >= 0.6 is 0 Å². The first-order chi connectivity index (χ1) is 16.2. The summed E-state index contributed by atoms with van der Waals surface area (Å²) in [7, 11) is -2.49. The molecule has 2 heterocycles. The molecule has 0 spiro atoms. The Balaban J connectivity index is 1.87. The van der Waals surface area contributed by atoms with Crippen molar-refractivity contribution in [2.75, 3.05) is 25.1 Å². The van der Waals surface area contributed by atoms with Gasteiger partial charge in [0.2, 0.25) is 0 Å². The molecule has 1 aliphatic heterocycles. The molecule has 1 aromatic heterocycles. The number of benzene rings is 2. The standard InChI is InChI=1S/C23H23F3N2O6S/c1-22(2,21(29)30)34-13-16-11-14-10-15(23(24,25)26)4-6-18(14)28(16)35(31,32)17-5-7-19-20(12-17)33-9-8-27(19)3/h4-7,10-12H,8-9,13H2,1-3H3,(H,29,30). The Morgan fingerprint density at radius 1 is 1.14 bits per heavy atom. The van der Waals surface area contributed by atoms with Crippen LogP contribution in [0.3, 0.4) is 0 Å². The van der Waals surface area contributed by atoms with Crippen LogP contribution in [0.1, 0.15) is 25.1 Å². The Hall–Kier alpha value is -3.25. The van der Waals surface area contributed by atoms with E-state index in [0.717, 1.165) is 22.2 Å². The van der Waals surface area contributed by atoms with E-state index in [0.29, 0.717) is 24.6 Å². The fourth-order valence-electron chi connectivity index (χ4n) is 3.73. The number of carboxylic acid groups (broad SMARTS) is 1. The summed E-state index contributed by atoms with van der Waals surface area (Å²) in [5, 5.41) is 9.35. The summed E-state index contributed by atoms with van der Waals surface area (Å²) in [6.07, 6.45) is -4.63. The molecular formula is C23H23F3N2O6S. The number of carbonyl (C=O) groups is 1. The Kier molecular flexibility index (Phi) is 6.00. The van der Waals surface area contributed by atoms with E-state index in [2.05, 4.69) is 0 Å². The second-order valence-electron chi connectivity index (χ2n) is 8.68. The normalized spacial score (nSPS) is 14.6. The molecule has 0 fully saturated rings. The van der Waals surface area contributed by atoms with Gasteiger partial charge in [-0.2, -0.15) is 13.2 Å². The number of fused-ring (bicyclic) bond motifs is 2. The van der Waals surface area contributed by atoms with Crippen molar-refractivity contribution < 1.29 is 41.0 Å². The topological polar surface area (TPSA) is 98.1 Å². The van der Waals surface area contributed by atoms with Crippen molar-refractivity contribution in [3.63, 3.8) is 0 Å². The maximum atomic E-state index is 13.7. The van der Waals surface area contributed by atoms with Gasteiger partial charge in [-0.1, -0.05) is 0 Å². The Morgan fingerprint density at radius 3 is 2.51 bits per heavy atom. The average molecular weight is 513 g/mol. The zero-order valence-electron chi connectivity index (χ0n) is 19.1. The highest BCUT2D eigenvalue weighted by atomic mass is 32.2. The van der Waals surface area contributed by atoms with Gasteiger partial charge in [0.25, 0.3) is 10.0 Å². The van der Waals surface area contributed by atoms with Gasteiger partial charge in [-0.05, 0) is 50.2 Å². The fourth-order valence-corrected chi connectivity index (χ4v) is 5.27. The predicted molar refractivity (Wildman–Crippen MR) is 121 cm³/mol. The first kappa shape index (κ1) is 24.9. The minimum absolute atomic E-state index is 0.000452. The number of ether oxygens (including phenoxy) is 2. The molecule has 2 aromatic carbocycles. The number of likely N-dealkylation sites (N-methyl/N-ethyl adjacent to an activating group) is 1. The third-order valence-corrected chi connectivity index (χ3v) is 7.58. The van der Waals surface area contributed by atoms with Crippen LogP contribution in [-0.4, -0.2) is 49.3 Å². The molecule has 0 bridgehead atoms. The number of alkyl halides is 3. The largest absolute Gasteiger partial charge is 0.490 e. The van der Waals surface area contributed by atoms with Crippen LogP contribution < -0.4 is 9.64 Å². The van der Waals surface area contributed by atoms with Crippen LogP contribution in [-0.2, 0) is 32.3 Å². The number of aromatic nitrogens is 1. The molecule has 0 radical (unpaired) electrons. The highest BCUT2D eigenvalue weighted by Crippen LogP contribution is 2.37. The Morgan fingerprint density at radius 2 is 1.86 bits per heavy atom. The van der Waals surface area contributed by atoms with E-state index in [1.165, 1.54) is 32.0 Å². The van der Waals surface area contributed by atoms with E-state index in [1.807, 2.05) is 11.9 Å². The number of carboxylic acids is 1. The third kappa shape index (κ3) is 4.55. The number of hydrogen-bond donors (Lipinski definition) is 1. The maximum absolute atomic E-state index is 13.7. The van der Waals surface area contributed by atoms with Gasteiger partial charge in [-0.3, -0.25) is 0 Å². The van der Waals surface area contributed by atoms with E-state index in [-0.39, 0.29) is 21.5 Å². The summed E-state index contributed by atoms with van der Waals surface area (Å²) in [6, 6.07) is 8.32. The van der Waals surface area contributed by atoms with Crippen LogP contribution in [0, 0.1) is 0 Å². The van der Waals surface area contributed by atoms with Gasteiger partial charge in [0.1, 0.15) is 12.4 Å². The Bertz CT molecular complexity index is 1410. The first-order valence-corrected chi connectivity index (χ1v) is 12.0. The highest BCUT2D eigenvalue weighted by molar-refractivity contribution is 7.90. The van der Waals surface area contributed by atoms with E-state index in [1.54, 1.807) is 6.07 Å². The van der Waals surface area contributed by atoms with Crippen molar-refractivity contribution in [1.29, 1.82) is 0 Å². The quantitative estimate of drug-likeness (QED) is 0.531. The third-order valence-electron chi connectivity index (χ3n) is 5.82. The predicted octanol–water partition coefficient (Wildman–Crippen LogP) is 4.11. The number of rotatable bonds is 6. The van der Waals surface area contributed by atoms with Gasteiger partial charge in [0.05, 0.1) is 40.5 Å².